The molecule has 1 aliphatic rings. The lowest BCUT2D eigenvalue weighted by Crippen LogP contribution is -2.47. The van der Waals surface area contributed by atoms with Gasteiger partial charge in [-0.2, -0.15) is 0 Å². The third-order valence-electron chi connectivity index (χ3n) is 2.73. The number of carbonyl (C=O) groups is 1. The van der Waals surface area contributed by atoms with Crippen molar-refractivity contribution in [3.63, 3.8) is 0 Å². The predicted octanol–water partition coefficient (Wildman–Crippen LogP) is 0.217. The monoisotopic (exact) mass is 200 g/mol. The molecule has 2 N–H and O–H groups in total. The zero-order valence-electron chi connectivity index (χ0n) is 9.19. The van der Waals surface area contributed by atoms with Gasteiger partial charge in [-0.1, -0.05) is 6.92 Å². The second-order valence-corrected chi connectivity index (χ2v) is 4.24. The van der Waals surface area contributed by atoms with Crippen LogP contribution in [0.5, 0.6) is 0 Å². The van der Waals surface area contributed by atoms with Crippen molar-refractivity contribution in [3.8, 4) is 0 Å². The summed E-state index contributed by atoms with van der Waals surface area (Å²) >= 11 is 0. The van der Waals surface area contributed by atoms with Crippen molar-refractivity contribution in [1.82, 2.24) is 4.90 Å². The van der Waals surface area contributed by atoms with Crippen molar-refractivity contribution in [2.45, 2.75) is 32.4 Å². The Labute approximate surface area is 85.4 Å². The minimum absolute atomic E-state index is 0.0173. The summed E-state index contributed by atoms with van der Waals surface area (Å²) in [6.07, 6.45) is 1.07. The normalized spacial score (nSPS) is 29.3. The Morgan fingerprint density at radius 2 is 2.29 bits per heavy atom. The Kier molecular flexibility index (Phi) is 3.89. The standard InChI is InChI=1S/C10H20N2O2/c1-7-4-8(2)12(5-7)10(13)9(11)6-14-3/h7-9H,4-6,11H2,1-3H3. The molecule has 1 heterocycles. The van der Waals surface area contributed by atoms with Gasteiger partial charge in [0.05, 0.1) is 6.61 Å². The number of rotatable bonds is 3. The maximum atomic E-state index is 11.8. The molecule has 1 saturated heterocycles. The first-order valence-electron chi connectivity index (χ1n) is 5.11. The molecule has 0 spiro atoms. The average Bonchev–Trinajstić information content (AvgIpc) is 2.44. The predicted molar refractivity (Wildman–Crippen MR) is 54.8 cm³/mol. The van der Waals surface area contributed by atoms with E-state index in [1.165, 1.54) is 0 Å². The molecule has 4 heteroatoms. The van der Waals surface area contributed by atoms with Crippen LogP contribution in [0.15, 0.2) is 0 Å². The van der Waals surface area contributed by atoms with Crippen molar-refractivity contribution in [3.05, 3.63) is 0 Å². The van der Waals surface area contributed by atoms with E-state index < -0.39 is 6.04 Å². The number of nitrogens with zero attached hydrogens (tertiary/aromatic N) is 1. The molecule has 1 rings (SSSR count). The van der Waals surface area contributed by atoms with Crippen molar-refractivity contribution in [2.75, 3.05) is 20.3 Å². The number of carbonyl (C=O) groups excluding carboxylic acids is 1. The molecule has 4 nitrogen and oxygen atoms in total. The van der Waals surface area contributed by atoms with E-state index >= 15 is 0 Å². The molecule has 82 valence electrons. The lowest BCUT2D eigenvalue weighted by Gasteiger charge is -2.24. The Morgan fingerprint density at radius 3 is 2.71 bits per heavy atom. The number of methoxy groups -OCH3 is 1. The van der Waals surface area contributed by atoms with E-state index in [0.29, 0.717) is 18.6 Å². The molecule has 0 radical (unpaired) electrons. The van der Waals surface area contributed by atoms with Crippen molar-refractivity contribution < 1.29 is 9.53 Å². The third-order valence-corrected chi connectivity index (χ3v) is 2.73. The topological polar surface area (TPSA) is 55.6 Å². The first-order valence-corrected chi connectivity index (χ1v) is 5.11. The molecule has 0 saturated carbocycles. The van der Waals surface area contributed by atoms with Gasteiger partial charge in [0.1, 0.15) is 6.04 Å². The van der Waals surface area contributed by atoms with E-state index in [4.69, 9.17) is 10.5 Å². The zero-order valence-corrected chi connectivity index (χ0v) is 9.19. The Balaban J connectivity index is 2.52. The number of hydrogen-bond acceptors (Lipinski definition) is 3. The number of hydrogen-bond donors (Lipinski definition) is 1. The van der Waals surface area contributed by atoms with Crippen LogP contribution in [0.1, 0.15) is 20.3 Å². The second-order valence-electron chi connectivity index (χ2n) is 4.24. The van der Waals surface area contributed by atoms with Gasteiger partial charge in [0.2, 0.25) is 5.91 Å². The van der Waals surface area contributed by atoms with Crippen molar-refractivity contribution in [1.29, 1.82) is 0 Å². The van der Waals surface area contributed by atoms with E-state index in [0.717, 1.165) is 13.0 Å². The Morgan fingerprint density at radius 1 is 1.64 bits per heavy atom. The van der Waals surface area contributed by atoms with Gasteiger partial charge in [0.25, 0.3) is 0 Å². The molecule has 0 aromatic carbocycles. The smallest absolute Gasteiger partial charge is 0.242 e. The molecule has 14 heavy (non-hydrogen) atoms. The number of nitrogens with two attached hydrogens (primary N) is 1. The molecule has 1 amide bonds. The minimum Gasteiger partial charge on any atom is -0.383 e. The molecular formula is C10H20N2O2. The van der Waals surface area contributed by atoms with Crippen LogP contribution in [0.3, 0.4) is 0 Å². The van der Waals surface area contributed by atoms with Gasteiger partial charge in [0.15, 0.2) is 0 Å². The van der Waals surface area contributed by atoms with Gasteiger partial charge in [-0.3, -0.25) is 4.79 Å². The first kappa shape index (κ1) is 11.5. The SMILES string of the molecule is COCC(N)C(=O)N1CC(C)CC1C. The quantitative estimate of drug-likeness (QED) is 0.709. The lowest BCUT2D eigenvalue weighted by atomic mass is 10.1. The fraction of sp³-hybridized carbons (Fsp3) is 0.900. The van der Waals surface area contributed by atoms with Gasteiger partial charge in [0, 0.05) is 19.7 Å². The van der Waals surface area contributed by atoms with Gasteiger partial charge in [-0.05, 0) is 19.3 Å². The van der Waals surface area contributed by atoms with Gasteiger partial charge in [-0.25, -0.2) is 0 Å². The molecule has 0 aromatic heterocycles. The lowest BCUT2D eigenvalue weighted by molar-refractivity contribution is -0.134. The third kappa shape index (κ3) is 2.45. The van der Waals surface area contributed by atoms with E-state index in [-0.39, 0.29) is 5.91 Å². The fourth-order valence-electron chi connectivity index (χ4n) is 2.07. The maximum absolute atomic E-state index is 11.8. The van der Waals surface area contributed by atoms with Crippen LogP contribution in [0.25, 0.3) is 0 Å². The summed E-state index contributed by atoms with van der Waals surface area (Å²) in [5.41, 5.74) is 5.70. The van der Waals surface area contributed by atoms with E-state index in [2.05, 4.69) is 13.8 Å². The van der Waals surface area contributed by atoms with Crippen LogP contribution in [-0.2, 0) is 9.53 Å². The largest absolute Gasteiger partial charge is 0.383 e. The minimum atomic E-state index is -0.507. The second kappa shape index (κ2) is 4.75. The van der Waals surface area contributed by atoms with Crippen LogP contribution >= 0.6 is 0 Å². The average molecular weight is 200 g/mol. The van der Waals surface area contributed by atoms with Gasteiger partial charge in [-0.15, -0.1) is 0 Å². The molecule has 0 aliphatic carbocycles. The van der Waals surface area contributed by atoms with E-state index in [1.54, 1.807) is 7.11 Å². The number of amides is 1. The summed E-state index contributed by atoms with van der Waals surface area (Å²) in [5.74, 6) is 0.604. The van der Waals surface area contributed by atoms with Crippen molar-refractivity contribution >= 4 is 5.91 Å². The molecule has 1 fully saturated rings. The van der Waals surface area contributed by atoms with Crippen molar-refractivity contribution in [2.24, 2.45) is 11.7 Å². The highest BCUT2D eigenvalue weighted by molar-refractivity contribution is 5.82. The zero-order chi connectivity index (χ0) is 10.7. The highest BCUT2D eigenvalue weighted by Gasteiger charge is 2.32. The summed E-state index contributed by atoms with van der Waals surface area (Å²) in [5, 5.41) is 0. The highest BCUT2D eigenvalue weighted by atomic mass is 16.5. The van der Waals surface area contributed by atoms with Crippen LogP contribution in [0, 0.1) is 5.92 Å². The molecule has 1 aliphatic heterocycles. The van der Waals surface area contributed by atoms with Gasteiger partial charge >= 0.3 is 0 Å². The molecular weight excluding hydrogens is 180 g/mol. The van der Waals surface area contributed by atoms with E-state index in [1.807, 2.05) is 4.90 Å². The van der Waals surface area contributed by atoms with Crippen LogP contribution in [-0.4, -0.2) is 43.2 Å². The summed E-state index contributed by atoms with van der Waals surface area (Å²) in [6.45, 7) is 5.36. The molecule has 3 unspecified atom stereocenters. The Hall–Kier alpha value is -0.610. The molecule has 3 atom stereocenters. The van der Waals surface area contributed by atoms with Crippen LogP contribution in [0.4, 0.5) is 0 Å². The summed E-state index contributed by atoms with van der Waals surface area (Å²) < 4.78 is 4.87. The number of ether oxygens (including phenoxy) is 1. The highest BCUT2D eigenvalue weighted by Crippen LogP contribution is 2.22. The van der Waals surface area contributed by atoms with Gasteiger partial charge < -0.3 is 15.4 Å². The van der Waals surface area contributed by atoms with Crippen LogP contribution in [0.2, 0.25) is 0 Å². The fourth-order valence-corrected chi connectivity index (χ4v) is 2.07. The Bertz CT molecular complexity index is 208. The summed E-state index contributed by atoms with van der Waals surface area (Å²) in [6, 6.07) is -0.187. The maximum Gasteiger partial charge on any atom is 0.242 e. The molecule has 0 aromatic rings. The molecule has 0 bridgehead atoms. The number of likely N-dealkylation sites (tertiary alicyclic amines) is 1. The first-order chi connectivity index (χ1) is 6.56. The summed E-state index contributed by atoms with van der Waals surface area (Å²) in [7, 11) is 1.56. The van der Waals surface area contributed by atoms with E-state index in [9.17, 15) is 4.79 Å². The summed E-state index contributed by atoms with van der Waals surface area (Å²) in [4.78, 5) is 13.7. The van der Waals surface area contributed by atoms with Crippen LogP contribution < -0.4 is 5.73 Å².